The number of rotatable bonds is 5. The van der Waals surface area contributed by atoms with Crippen LogP contribution in [0, 0.1) is 0 Å². The lowest BCUT2D eigenvalue weighted by Crippen LogP contribution is -2.09. The molecule has 0 atom stereocenters. The lowest BCUT2D eigenvalue weighted by molar-refractivity contribution is 0.607. The van der Waals surface area contributed by atoms with E-state index in [-0.39, 0.29) is 0 Å². The van der Waals surface area contributed by atoms with Crippen molar-refractivity contribution in [2.24, 2.45) is 0 Å². The molecular formula is C18H15N7O2S. The van der Waals surface area contributed by atoms with E-state index in [1.165, 1.54) is 4.80 Å². The highest BCUT2D eigenvalue weighted by Crippen LogP contribution is 2.24. The summed E-state index contributed by atoms with van der Waals surface area (Å²) in [6.45, 7) is 0. The molecule has 1 N–H and O–H groups in total. The highest BCUT2D eigenvalue weighted by Gasteiger charge is 2.10. The van der Waals surface area contributed by atoms with E-state index in [1.54, 1.807) is 42.9 Å². The van der Waals surface area contributed by atoms with Gasteiger partial charge in [-0.3, -0.25) is 14.7 Å². The lowest BCUT2D eigenvalue weighted by Gasteiger charge is -2.07. The average Bonchev–Trinajstić information content (AvgIpc) is 3.18. The molecule has 10 heteroatoms. The molecule has 4 rings (SSSR count). The minimum Gasteiger partial charge on any atom is -0.284 e. The Morgan fingerprint density at radius 1 is 1.00 bits per heavy atom. The average molecular weight is 393 g/mol. The maximum absolute atomic E-state index is 11.5. The van der Waals surface area contributed by atoms with E-state index in [0.29, 0.717) is 22.9 Å². The first-order valence-corrected chi connectivity index (χ1v) is 10.1. The van der Waals surface area contributed by atoms with Gasteiger partial charge < -0.3 is 0 Å². The van der Waals surface area contributed by atoms with Crippen molar-refractivity contribution >= 4 is 15.7 Å². The fraction of sp³-hybridized carbons (Fsp3) is 0.0556. The van der Waals surface area contributed by atoms with E-state index in [2.05, 4.69) is 30.1 Å². The molecule has 0 spiro atoms. The van der Waals surface area contributed by atoms with Gasteiger partial charge in [-0.15, -0.1) is 15.0 Å². The summed E-state index contributed by atoms with van der Waals surface area (Å²) in [5.74, 6) is 0.408. The maximum atomic E-state index is 11.5. The van der Waals surface area contributed by atoms with Crippen molar-refractivity contribution in [3.8, 4) is 28.3 Å². The molecule has 0 unspecified atom stereocenters. The number of hydrogen-bond acceptors (Lipinski definition) is 7. The van der Waals surface area contributed by atoms with Crippen molar-refractivity contribution in [3.63, 3.8) is 0 Å². The van der Waals surface area contributed by atoms with Crippen molar-refractivity contribution < 1.29 is 8.42 Å². The Kier molecular flexibility index (Phi) is 4.53. The number of hydrogen-bond donors (Lipinski definition) is 1. The van der Waals surface area contributed by atoms with E-state index in [9.17, 15) is 8.42 Å². The molecule has 0 fully saturated rings. The predicted molar refractivity (Wildman–Crippen MR) is 104 cm³/mol. The van der Waals surface area contributed by atoms with Crippen LogP contribution < -0.4 is 4.72 Å². The van der Waals surface area contributed by atoms with Gasteiger partial charge in [-0.05, 0) is 41.1 Å². The molecule has 0 saturated carbocycles. The number of tetrazole rings is 1. The number of nitrogens with zero attached hydrogens (tertiary/aromatic N) is 6. The molecule has 9 nitrogen and oxygen atoms in total. The Hall–Kier alpha value is -3.66. The third kappa shape index (κ3) is 4.01. The predicted octanol–water partition coefficient (Wildman–Crippen LogP) is 2.16. The van der Waals surface area contributed by atoms with E-state index >= 15 is 0 Å². The van der Waals surface area contributed by atoms with Crippen LogP contribution in [0.1, 0.15) is 0 Å². The normalized spacial score (nSPS) is 11.3. The van der Waals surface area contributed by atoms with Gasteiger partial charge in [0.25, 0.3) is 0 Å². The zero-order chi connectivity index (χ0) is 19.6. The first-order chi connectivity index (χ1) is 13.5. The number of nitrogens with one attached hydrogen (secondary N) is 1. The van der Waals surface area contributed by atoms with Crippen LogP contribution in [-0.4, -0.2) is 44.8 Å². The summed E-state index contributed by atoms with van der Waals surface area (Å²) in [6, 6.07) is 14.4. The van der Waals surface area contributed by atoms with Crippen molar-refractivity contribution in [1.29, 1.82) is 0 Å². The first kappa shape index (κ1) is 17.7. The van der Waals surface area contributed by atoms with Gasteiger partial charge in [0.05, 0.1) is 12.5 Å². The minimum absolute atomic E-state index is 0.408. The Morgan fingerprint density at radius 3 is 2.68 bits per heavy atom. The summed E-state index contributed by atoms with van der Waals surface area (Å²) >= 11 is 0. The van der Waals surface area contributed by atoms with Gasteiger partial charge in [-0.1, -0.05) is 18.2 Å². The third-order valence-electron chi connectivity index (χ3n) is 3.76. The van der Waals surface area contributed by atoms with Crippen LogP contribution in [0.25, 0.3) is 28.3 Å². The largest absolute Gasteiger partial charge is 0.284 e. The Bertz CT molecular complexity index is 1220. The quantitative estimate of drug-likeness (QED) is 0.552. The second-order valence-electron chi connectivity index (χ2n) is 6.00. The molecule has 0 bridgehead atoms. The molecule has 3 aromatic heterocycles. The second-order valence-corrected chi connectivity index (χ2v) is 7.75. The Morgan fingerprint density at radius 2 is 1.89 bits per heavy atom. The first-order valence-electron chi connectivity index (χ1n) is 8.23. The number of benzene rings is 1. The van der Waals surface area contributed by atoms with E-state index in [1.807, 2.05) is 24.3 Å². The fourth-order valence-electron chi connectivity index (χ4n) is 2.59. The summed E-state index contributed by atoms with van der Waals surface area (Å²) < 4.78 is 25.4. The van der Waals surface area contributed by atoms with Crippen LogP contribution >= 0.6 is 0 Å². The van der Waals surface area contributed by atoms with Crippen LogP contribution in [0.5, 0.6) is 0 Å². The molecule has 3 heterocycles. The van der Waals surface area contributed by atoms with Crippen molar-refractivity contribution in [2.75, 3.05) is 11.0 Å². The smallest absolute Gasteiger partial charge is 0.229 e. The Labute approximate surface area is 161 Å². The zero-order valence-corrected chi connectivity index (χ0v) is 15.6. The number of sulfonamides is 1. The van der Waals surface area contributed by atoms with Gasteiger partial charge in [0.2, 0.25) is 15.8 Å². The molecule has 0 aliphatic carbocycles. The summed E-state index contributed by atoms with van der Waals surface area (Å²) in [7, 11) is -3.35. The molecule has 1 aromatic carbocycles. The summed E-state index contributed by atoms with van der Waals surface area (Å²) in [5, 5.41) is 12.5. The van der Waals surface area contributed by atoms with Crippen molar-refractivity contribution in [2.45, 2.75) is 0 Å². The number of aromatic nitrogens is 6. The second kappa shape index (κ2) is 7.16. The van der Waals surface area contributed by atoms with Crippen LogP contribution in [-0.2, 0) is 10.0 Å². The summed E-state index contributed by atoms with van der Waals surface area (Å²) in [6.07, 6.45) is 6.07. The number of anilines is 1. The molecule has 0 aliphatic heterocycles. The maximum Gasteiger partial charge on any atom is 0.229 e. The monoisotopic (exact) mass is 393 g/mol. The summed E-state index contributed by atoms with van der Waals surface area (Å²) in [5.41, 5.74) is 3.30. The van der Waals surface area contributed by atoms with Gasteiger partial charge >= 0.3 is 0 Å². The zero-order valence-electron chi connectivity index (χ0n) is 14.8. The number of pyridine rings is 2. The highest BCUT2D eigenvalue weighted by atomic mass is 32.2. The fourth-order valence-corrected chi connectivity index (χ4v) is 3.15. The van der Waals surface area contributed by atoms with E-state index < -0.39 is 10.0 Å². The van der Waals surface area contributed by atoms with E-state index in [4.69, 9.17) is 0 Å². The topological polar surface area (TPSA) is 116 Å². The van der Waals surface area contributed by atoms with Crippen molar-refractivity contribution in [1.82, 2.24) is 30.2 Å². The van der Waals surface area contributed by atoms with Crippen LogP contribution in [0.4, 0.5) is 5.69 Å². The SMILES string of the molecule is CS(=O)(=O)Nc1cccc(-c2cncc(-n3nnc(-c4ccccn4)n3)c2)c1. The van der Waals surface area contributed by atoms with Gasteiger partial charge in [0.1, 0.15) is 11.4 Å². The van der Waals surface area contributed by atoms with Crippen LogP contribution in [0.2, 0.25) is 0 Å². The van der Waals surface area contributed by atoms with Gasteiger partial charge in [0.15, 0.2) is 0 Å². The molecular weight excluding hydrogens is 378 g/mol. The lowest BCUT2D eigenvalue weighted by atomic mass is 10.1. The standard InChI is InChI=1S/C18H15N7O2S/c1-28(26,27)23-15-6-4-5-13(9-15)14-10-16(12-19-11-14)25-22-18(21-24-25)17-7-2-3-8-20-17/h2-12,23H,1H3. The van der Waals surface area contributed by atoms with Crippen LogP contribution in [0.15, 0.2) is 67.1 Å². The van der Waals surface area contributed by atoms with Gasteiger partial charge in [-0.2, -0.15) is 0 Å². The highest BCUT2D eigenvalue weighted by molar-refractivity contribution is 7.92. The van der Waals surface area contributed by atoms with Crippen molar-refractivity contribution in [3.05, 3.63) is 67.1 Å². The molecule has 140 valence electrons. The van der Waals surface area contributed by atoms with E-state index in [0.717, 1.165) is 17.4 Å². The summed E-state index contributed by atoms with van der Waals surface area (Å²) in [4.78, 5) is 9.82. The molecule has 0 saturated heterocycles. The molecule has 28 heavy (non-hydrogen) atoms. The minimum atomic E-state index is -3.35. The Balaban J connectivity index is 1.66. The van der Waals surface area contributed by atoms with Crippen LogP contribution in [0.3, 0.4) is 0 Å². The van der Waals surface area contributed by atoms with Gasteiger partial charge in [0, 0.05) is 23.6 Å². The molecule has 0 radical (unpaired) electrons. The molecule has 0 amide bonds. The van der Waals surface area contributed by atoms with Gasteiger partial charge in [-0.25, -0.2) is 8.42 Å². The molecule has 4 aromatic rings. The third-order valence-corrected chi connectivity index (χ3v) is 4.37. The molecule has 0 aliphatic rings.